The van der Waals surface area contributed by atoms with E-state index < -0.39 is 147 Å². The fourth-order valence-corrected chi connectivity index (χ4v) is 12.3. The van der Waals surface area contributed by atoms with Crippen LogP contribution in [0.3, 0.4) is 0 Å². The van der Waals surface area contributed by atoms with Gasteiger partial charge in [-0.25, -0.2) is 0 Å². The molecule has 624 valence electrons. The van der Waals surface area contributed by atoms with E-state index in [0.717, 1.165) is 30.2 Å². The molecule has 0 unspecified atom stereocenters. The second-order valence-electron chi connectivity index (χ2n) is 26.9. The number of benzene rings is 6. The van der Waals surface area contributed by atoms with Crippen molar-refractivity contribution in [3.8, 4) is 5.75 Å². The minimum absolute atomic E-state index is 0. The number of fused-ring (bicyclic) bond motifs is 3. The normalized spacial score (nSPS) is 15.3. The van der Waals surface area contributed by atoms with Crippen LogP contribution in [-0.2, 0) is 76.7 Å². The van der Waals surface area contributed by atoms with Gasteiger partial charge in [0.2, 0.25) is 23.6 Å². The third-order valence-electron chi connectivity index (χ3n) is 17.8. The van der Waals surface area contributed by atoms with Gasteiger partial charge in [0.15, 0.2) is 0 Å². The van der Waals surface area contributed by atoms with Crippen LogP contribution in [0.1, 0.15) is 85.5 Å². The van der Waals surface area contributed by atoms with Crippen LogP contribution in [0.15, 0.2) is 146 Å². The number of ketones is 3. The summed E-state index contributed by atoms with van der Waals surface area (Å²) in [6.07, 6.45) is 0.640. The van der Waals surface area contributed by atoms with E-state index in [1.54, 1.807) is 84.9 Å². The molecule has 0 saturated carbocycles. The number of nitrogens with one attached hydrogen (secondary N) is 7. The Morgan fingerprint density at radius 1 is 0.424 bits per heavy atom. The third kappa shape index (κ3) is 25.2. The van der Waals surface area contributed by atoms with Gasteiger partial charge >= 0.3 is 0 Å². The lowest BCUT2D eigenvalue weighted by Gasteiger charge is -2.25. The molecule has 0 bridgehead atoms. The number of aldehydes is 3. The Kier molecular flexibility index (Phi) is 34.6. The Bertz CT molecular complexity index is 4750. The van der Waals surface area contributed by atoms with Crippen LogP contribution in [0.25, 0.3) is 0 Å². The molecule has 10 N–H and O–H groups in total. The van der Waals surface area contributed by atoms with Crippen molar-refractivity contribution in [1.82, 2.24) is 31.9 Å². The average Bonchev–Trinajstić information content (AvgIpc) is 1.66. The van der Waals surface area contributed by atoms with Gasteiger partial charge in [0.1, 0.15) is 99.5 Å². The number of nitrogens with zero attached hydrogens (tertiary/aromatic N) is 7. The van der Waals surface area contributed by atoms with E-state index >= 15 is 0 Å². The number of hydrogen-bond acceptors (Lipinski definition) is 24. The summed E-state index contributed by atoms with van der Waals surface area (Å²) in [5.74, 6) is -9.02. The number of Topliss-reactive ketones (excluding diaryl/α,β-unsaturated/α-hetero) is 3. The van der Waals surface area contributed by atoms with Gasteiger partial charge in [-0.2, -0.15) is 0 Å². The Hall–Kier alpha value is -14.1. The predicted octanol–water partition coefficient (Wildman–Crippen LogP) is 0.129. The number of hydrogen-bond donors (Lipinski definition) is 10. The molecule has 118 heavy (non-hydrogen) atoms. The summed E-state index contributed by atoms with van der Waals surface area (Å²) in [4.78, 5) is 245. The number of ether oxygens (including phenoxy) is 1. The van der Waals surface area contributed by atoms with Crippen molar-refractivity contribution >= 4 is 159 Å². The fraction of sp³-hybridized carbons (Fsp3) is 0.321. The van der Waals surface area contributed by atoms with E-state index in [4.69, 9.17) is 4.74 Å². The summed E-state index contributed by atoms with van der Waals surface area (Å²) < 4.78 is 5.09. The van der Waals surface area contributed by atoms with Gasteiger partial charge in [0.25, 0.3) is 53.2 Å². The predicted molar refractivity (Wildman–Crippen MR) is 430 cm³/mol. The minimum atomic E-state index is -1.34. The molecule has 3 heterocycles. The highest BCUT2D eigenvalue weighted by atomic mass is 16.5. The molecule has 6 atom stereocenters. The number of rotatable bonds is 30. The van der Waals surface area contributed by atoms with Gasteiger partial charge in [-0.1, -0.05) is 43.8 Å². The maximum absolute atomic E-state index is 13.7. The van der Waals surface area contributed by atoms with Crippen molar-refractivity contribution in [1.29, 1.82) is 0 Å². The van der Waals surface area contributed by atoms with E-state index in [0.29, 0.717) is 30.3 Å². The lowest BCUT2D eigenvalue weighted by Crippen LogP contribution is -2.55. The summed E-state index contributed by atoms with van der Waals surface area (Å²) in [6, 6.07) is 30.3. The van der Waals surface area contributed by atoms with E-state index in [2.05, 4.69) is 37.2 Å². The van der Waals surface area contributed by atoms with Crippen LogP contribution in [-0.4, -0.2) is 245 Å². The van der Waals surface area contributed by atoms with Gasteiger partial charge in [0.05, 0.1) is 79.0 Å². The average molecular weight is 1630 g/mol. The minimum Gasteiger partial charge on any atom is -0.497 e. The molecule has 0 aromatic heterocycles. The van der Waals surface area contributed by atoms with E-state index in [1.807, 2.05) is 19.0 Å². The molecule has 6 aromatic rings. The fourth-order valence-electron chi connectivity index (χ4n) is 12.3. The molecule has 0 saturated heterocycles. The maximum Gasteiger partial charge on any atom is 0.252 e. The first-order valence-corrected chi connectivity index (χ1v) is 36.2. The van der Waals surface area contributed by atoms with Crippen LogP contribution in [0, 0.1) is 0 Å². The van der Waals surface area contributed by atoms with E-state index in [1.165, 1.54) is 100 Å². The molecule has 0 fully saturated rings. The zero-order chi connectivity index (χ0) is 85.9. The van der Waals surface area contributed by atoms with E-state index in [9.17, 15) is 106 Å². The summed E-state index contributed by atoms with van der Waals surface area (Å²) in [5.41, 5.74) is 3.23. The third-order valence-corrected chi connectivity index (χ3v) is 17.8. The van der Waals surface area contributed by atoms with Crippen molar-refractivity contribution in [2.24, 2.45) is 0 Å². The van der Waals surface area contributed by atoms with Crippen LogP contribution in [0.5, 0.6) is 5.75 Å². The standard InChI is InChI=1S/C27H29N5O8.C27H31N5O7.C26H28N4O8.CH4/c1-16(35)11-20(14-33)29-24(37)13-32-23-6-4-3-5-22(23)31(25(38)15-34)12-21(27(32)40)30-26(39)18-7-9-19(10-8-18)28-17(2)36;1-17(35)12-19(15-33)28-24(36)14-32-23-7-5-4-6-22(23)31(25(37)16-34)13-21(27(32)39)29-26(38)18-8-10-20(11-9-18)30(2)3;1-16(33)11-18(14-31)27-23(34)13-30-22-6-4-3-5-21(22)29(24(35)15-32)12-20(26(30)37)28-25(36)17-7-9-19(38-2)10-8-17;/h3-10,14,20-21,34H,11-13,15H2,1-2H3,(H,28,36)(H,29,37)(H,30,39);4-11,15,19,21,34H,12-14,16H2,1-3H3,(H,28,36)(H,29,38);3-10,14,18,20,32H,11-13,15H2,1-2H3,(H,27,34)(H,28,36);1H4/t20-,21-;19-,21-;18-,20-;/m000./s1. The summed E-state index contributed by atoms with van der Waals surface area (Å²) in [7, 11) is 5.18. The SMILES string of the molecule is C.CC(=O)C[C@@H](C=O)NC(=O)CN1C(=O)[C@@H](NC(=O)c2ccc(N(C)C)cc2)CN(C(=O)CO)c2ccccc21.CC(=O)C[C@@H](C=O)NC(=O)CN1C(=O)[C@@H](NC(=O)c2ccc(NC(C)=O)cc2)CN(C(=O)CO)c2ccccc21.COc1ccc(C(=O)N[C@H]2CN(C(=O)CO)c3ccccc3N(CC(=O)N[C@H](C=O)CC(C)=O)C2=O)cc1. The first-order chi connectivity index (χ1) is 55.8. The first-order valence-electron chi connectivity index (χ1n) is 36.2. The van der Waals surface area contributed by atoms with E-state index in [-0.39, 0.29) is 120 Å². The smallest absolute Gasteiger partial charge is 0.252 e. The molecule has 6 aromatic carbocycles. The molecule has 0 spiro atoms. The highest BCUT2D eigenvalue weighted by Gasteiger charge is 2.42. The Morgan fingerprint density at radius 3 is 0.941 bits per heavy atom. The maximum atomic E-state index is 13.7. The Morgan fingerprint density at radius 2 is 0.695 bits per heavy atom. The van der Waals surface area contributed by atoms with Gasteiger partial charge in [0, 0.05) is 68.3 Å². The number of anilines is 8. The topological polar surface area (TPSA) is 501 Å². The number of para-hydroxylation sites is 6. The number of methoxy groups -OCH3 is 1. The summed E-state index contributed by atoms with van der Waals surface area (Å²) in [5, 5.41) is 46.4. The number of carbonyl (C=O) groups is 19. The lowest BCUT2D eigenvalue weighted by molar-refractivity contribution is -0.127. The first kappa shape index (κ1) is 92.8. The molecule has 13 amide bonds. The molecule has 37 heteroatoms. The monoisotopic (exact) mass is 1630 g/mol. The van der Waals surface area contributed by atoms with Crippen LogP contribution in [0.4, 0.5) is 45.5 Å². The second-order valence-corrected chi connectivity index (χ2v) is 26.9. The van der Waals surface area contributed by atoms with Crippen LogP contribution < -0.4 is 76.3 Å². The molecular weight excluding hydrogens is 1540 g/mol. The molecule has 9 rings (SSSR count). The zero-order valence-electron chi connectivity index (χ0n) is 64.7. The van der Waals surface area contributed by atoms with Crippen molar-refractivity contribution in [3.05, 3.63) is 162 Å². The molecular formula is C81H92N14O23. The number of carbonyl (C=O) groups excluding carboxylic acids is 19. The van der Waals surface area contributed by atoms with Gasteiger partial charge in [-0.15, -0.1) is 0 Å². The molecule has 0 radical (unpaired) electrons. The quantitative estimate of drug-likeness (QED) is 0.0268. The number of amides is 13. The largest absolute Gasteiger partial charge is 0.497 e. The van der Waals surface area contributed by atoms with Crippen molar-refractivity contribution in [2.45, 2.75) is 90.6 Å². The van der Waals surface area contributed by atoms with Crippen LogP contribution in [0.2, 0.25) is 0 Å². The van der Waals surface area contributed by atoms with Gasteiger partial charge < -0.3 is 91.3 Å². The van der Waals surface area contributed by atoms with Crippen molar-refractivity contribution < 1.29 is 111 Å². The number of aliphatic hydroxyl groups is 3. The van der Waals surface area contributed by atoms with Gasteiger partial charge in [-0.3, -0.25) is 91.4 Å². The molecule has 0 aliphatic carbocycles. The molecule has 3 aliphatic rings. The summed E-state index contributed by atoms with van der Waals surface area (Å²) in [6.45, 7) is -0.0536. The molecule has 3 aliphatic heterocycles. The Labute approximate surface area is 677 Å². The highest BCUT2D eigenvalue weighted by molar-refractivity contribution is 6.15. The van der Waals surface area contributed by atoms with Crippen LogP contribution >= 0.6 is 0 Å². The van der Waals surface area contributed by atoms with Crippen molar-refractivity contribution in [3.63, 3.8) is 0 Å². The van der Waals surface area contributed by atoms with Crippen molar-refractivity contribution in [2.75, 3.05) is 120 Å². The summed E-state index contributed by atoms with van der Waals surface area (Å²) >= 11 is 0. The number of aliphatic hydroxyl groups excluding tert-OH is 3. The Balaban J connectivity index is 0.000000274. The van der Waals surface area contributed by atoms with Gasteiger partial charge in [-0.05, 0) is 130 Å². The molecule has 37 nitrogen and oxygen atoms in total. The highest BCUT2D eigenvalue weighted by Crippen LogP contribution is 2.36. The second kappa shape index (κ2) is 44.0. The zero-order valence-corrected chi connectivity index (χ0v) is 64.7. The lowest BCUT2D eigenvalue weighted by atomic mass is 10.1.